The molecule has 0 radical (unpaired) electrons. The van der Waals surface area contributed by atoms with E-state index in [9.17, 15) is 9.59 Å². The summed E-state index contributed by atoms with van der Waals surface area (Å²) in [5.41, 5.74) is 0.841. The van der Waals surface area contributed by atoms with E-state index in [0.29, 0.717) is 17.4 Å². The van der Waals surface area contributed by atoms with Gasteiger partial charge in [-0.25, -0.2) is 4.79 Å². The Labute approximate surface area is 133 Å². The minimum Gasteiger partial charge on any atom is -0.481 e. The number of rotatable bonds is 4. The van der Waals surface area contributed by atoms with Gasteiger partial charge in [0.2, 0.25) is 0 Å². The Hall–Kier alpha value is -1.79. The molecule has 1 aromatic rings. The molecule has 2 rings (SSSR count). The predicted molar refractivity (Wildman–Crippen MR) is 80.2 cm³/mol. The molecule has 0 aromatic heterocycles. The van der Waals surface area contributed by atoms with E-state index < -0.39 is 18.1 Å². The fourth-order valence-electron chi connectivity index (χ4n) is 2.25. The minimum atomic E-state index is -1.08. The van der Waals surface area contributed by atoms with Crippen LogP contribution in [0, 0.1) is 6.92 Å². The average molecular weight is 328 g/mol. The lowest BCUT2D eigenvalue weighted by molar-refractivity contribution is -0.161. The number of nitrogens with zero attached hydrogens (tertiary/aromatic N) is 1. The molecule has 7 heteroatoms. The van der Waals surface area contributed by atoms with Crippen molar-refractivity contribution in [2.45, 2.75) is 26.0 Å². The average Bonchev–Trinajstić information content (AvgIpc) is 2.50. The summed E-state index contributed by atoms with van der Waals surface area (Å²) in [5, 5.41) is 9.78. The van der Waals surface area contributed by atoms with Crippen LogP contribution < -0.4 is 4.74 Å². The maximum absolute atomic E-state index is 12.4. The van der Waals surface area contributed by atoms with Gasteiger partial charge in [0.1, 0.15) is 5.75 Å². The number of hydrogen-bond donors (Lipinski definition) is 1. The molecule has 0 saturated carbocycles. The van der Waals surface area contributed by atoms with Gasteiger partial charge in [-0.3, -0.25) is 4.79 Å². The van der Waals surface area contributed by atoms with Crippen LogP contribution in [0.5, 0.6) is 5.75 Å². The topological polar surface area (TPSA) is 76.1 Å². The second-order valence-electron chi connectivity index (χ2n) is 5.13. The fourth-order valence-corrected chi connectivity index (χ4v) is 2.37. The molecule has 0 aliphatic carbocycles. The Morgan fingerprint density at radius 1 is 1.50 bits per heavy atom. The Kier molecular flexibility index (Phi) is 5.26. The molecule has 0 bridgehead atoms. The SMILES string of the molecule is Cc1cc(OC(C)C(=O)N2CCOCC2C(=O)O)ccc1Cl. The number of halogens is 1. The van der Waals surface area contributed by atoms with E-state index >= 15 is 0 Å². The second-order valence-corrected chi connectivity index (χ2v) is 5.54. The molecule has 1 heterocycles. The predicted octanol–water partition coefficient (Wildman–Crippen LogP) is 1.73. The number of carboxylic acid groups (broad SMARTS) is 1. The van der Waals surface area contributed by atoms with Crippen LogP contribution in [0.1, 0.15) is 12.5 Å². The number of carboxylic acids is 1. The van der Waals surface area contributed by atoms with Crippen LogP contribution in [0.2, 0.25) is 5.02 Å². The zero-order valence-electron chi connectivity index (χ0n) is 12.4. The highest BCUT2D eigenvalue weighted by Crippen LogP contribution is 2.22. The Bertz CT molecular complexity index is 577. The number of ether oxygens (including phenoxy) is 2. The van der Waals surface area contributed by atoms with Crippen LogP contribution in [-0.4, -0.2) is 53.8 Å². The number of benzene rings is 1. The molecule has 1 N–H and O–H groups in total. The molecule has 1 aliphatic rings. The van der Waals surface area contributed by atoms with Crippen molar-refractivity contribution in [2.24, 2.45) is 0 Å². The summed E-state index contributed by atoms with van der Waals surface area (Å²) in [6, 6.07) is 4.13. The van der Waals surface area contributed by atoms with E-state index in [-0.39, 0.29) is 19.1 Å². The summed E-state index contributed by atoms with van der Waals surface area (Å²) in [4.78, 5) is 24.9. The molecule has 1 saturated heterocycles. The maximum Gasteiger partial charge on any atom is 0.328 e. The highest BCUT2D eigenvalue weighted by Gasteiger charge is 2.35. The number of aliphatic carboxylic acids is 1. The van der Waals surface area contributed by atoms with Crippen molar-refractivity contribution in [2.75, 3.05) is 19.8 Å². The van der Waals surface area contributed by atoms with Gasteiger partial charge in [-0.1, -0.05) is 11.6 Å². The number of hydrogen-bond acceptors (Lipinski definition) is 4. The van der Waals surface area contributed by atoms with Gasteiger partial charge in [-0.05, 0) is 37.6 Å². The largest absolute Gasteiger partial charge is 0.481 e. The monoisotopic (exact) mass is 327 g/mol. The molecule has 2 unspecified atom stereocenters. The van der Waals surface area contributed by atoms with Crippen LogP contribution in [0.25, 0.3) is 0 Å². The van der Waals surface area contributed by atoms with Gasteiger partial charge in [-0.2, -0.15) is 0 Å². The number of aryl methyl sites for hydroxylation is 1. The van der Waals surface area contributed by atoms with Crippen molar-refractivity contribution in [3.05, 3.63) is 28.8 Å². The standard InChI is InChI=1S/C15H18ClNO5/c1-9-7-11(3-4-12(9)16)22-10(2)14(18)17-5-6-21-8-13(17)15(19)20/h3-4,7,10,13H,5-6,8H2,1-2H3,(H,19,20). The summed E-state index contributed by atoms with van der Waals surface area (Å²) >= 11 is 5.95. The maximum atomic E-state index is 12.4. The Morgan fingerprint density at radius 2 is 2.23 bits per heavy atom. The van der Waals surface area contributed by atoms with Crippen LogP contribution >= 0.6 is 11.6 Å². The van der Waals surface area contributed by atoms with Crippen molar-refractivity contribution in [1.82, 2.24) is 4.90 Å². The normalized spacial score (nSPS) is 19.6. The Morgan fingerprint density at radius 3 is 2.86 bits per heavy atom. The highest BCUT2D eigenvalue weighted by molar-refractivity contribution is 6.31. The molecule has 0 spiro atoms. The molecule has 1 amide bonds. The third kappa shape index (κ3) is 3.69. The number of carbonyl (C=O) groups excluding carboxylic acids is 1. The van der Waals surface area contributed by atoms with Gasteiger partial charge in [-0.15, -0.1) is 0 Å². The third-order valence-electron chi connectivity index (χ3n) is 3.49. The summed E-state index contributed by atoms with van der Waals surface area (Å²) in [5.74, 6) is -0.936. The van der Waals surface area contributed by atoms with E-state index in [4.69, 9.17) is 26.2 Å². The summed E-state index contributed by atoms with van der Waals surface area (Å²) in [7, 11) is 0. The molecule has 22 heavy (non-hydrogen) atoms. The lowest BCUT2D eigenvalue weighted by atomic mass is 10.2. The number of morpholine rings is 1. The van der Waals surface area contributed by atoms with Gasteiger partial charge in [0.25, 0.3) is 5.91 Å². The molecule has 1 aromatic carbocycles. The molecular weight excluding hydrogens is 310 g/mol. The van der Waals surface area contributed by atoms with Crippen molar-refractivity contribution >= 4 is 23.5 Å². The van der Waals surface area contributed by atoms with Crippen LogP contribution in [0.4, 0.5) is 0 Å². The van der Waals surface area contributed by atoms with Gasteiger partial charge in [0.05, 0.1) is 13.2 Å². The van der Waals surface area contributed by atoms with E-state index in [1.54, 1.807) is 25.1 Å². The second kappa shape index (κ2) is 6.98. The molecule has 1 aliphatic heterocycles. The first-order valence-electron chi connectivity index (χ1n) is 6.94. The van der Waals surface area contributed by atoms with E-state index in [1.165, 1.54) is 4.90 Å². The summed E-state index contributed by atoms with van der Waals surface area (Å²) in [6.07, 6.45) is -0.791. The third-order valence-corrected chi connectivity index (χ3v) is 3.91. The van der Waals surface area contributed by atoms with Crippen molar-refractivity contribution in [3.8, 4) is 5.75 Å². The Balaban J connectivity index is 2.07. The number of amides is 1. The number of carbonyl (C=O) groups is 2. The first kappa shape index (κ1) is 16.6. The lowest BCUT2D eigenvalue weighted by Crippen LogP contribution is -2.55. The van der Waals surface area contributed by atoms with Crippen molar-refractivity contribution in [1.29, 1.82) is 0 Å². The molecule has 1 fully saturated rings. The zero-order chi connectivity index (χ0) is 16.3. The molecule has 2 atom stereocenters. The van der Waals surface area contributed by atoms with Gasteiger partial charge in [0.15, 0.2) is 12.1 Å². The molecule has 120 valence electrons. The molecule has 6 nitrogen and oxygen atoms in total. The highest BCUT2D eigenvalue weighted by atomic mass is 35.5. The van der Waals surface area contributed by atoms with Crippen LogP contribution in [-0.2, 0) is 14.3 Å². The van der Waals surface area contributed by atoms with Gasteiger partial charge >= 0.3 is 5.97 Å². The summed E-state index contributed by atoms with van der Waals surface area (Å²) in [6.45, 7) is 3.99. The van der Waals surface area contributed by atoms with E-state index in [1.807, 2.05) is 6.92 Å². The molecular formula is C15H18ClNO5. The van der Waals surface area contributed by atoms with Crippen molar-refractivity contribution in [3.63, 3.8) is 0 Å². The minimum absolute atomic E-state index is 0.00610. The van der Waals surface area contributed by atoms with E-state index in [2.05, 4.69) is 0 Å². The zero-order valence-corrected chi connectivity index (χ0v) is 13.2. The van der Waals surface area contributed by atoms with Crippen molar-refractivity contribution < 1.29 is 24.2 Å². The lowest BCUT2D eigenvalue weighted by Gasteiger charge is -2.34. The quantitative estimate of drug-likeness (QED) is 0.911. The summed E-state index contributed by atoms with van der Waals surface area (Å²) < 4.78 is 10.7. The van der Waals surface area contributed by atoms with Gasteiger partial charge < -0.3 is 19.5 Å². The van der Waals surface area contributed by atoms with Crippen LogP contribution in [0.3, 0.4) is 0 Å². The first-order valence-corrected chi connectivity index (χ1v) is 7.31. The first-order chi connectivity index (χ1) is 10.4. The fraction of sp³-hybridized carbons (Fsp3) is 0.467. The van der Waals surface area contributed by atoms with Crippen LogP contribution in [0.15, 0.2) is 18.2 Å². The van der Waals surface area contributed by atoms with E-state index in [0.717, 1.165) is 5.56 Å². The smallest absolute Gasteiger partial charge is 0.328 e. The van der Waals surface area contributed by atoms with Gasteiger partial charge in [0, 0.05) is 11.6 Å².